The van der Waals surface area contributed by atoms with Gasteiger partial charge in [0, 0.05) is 38.9 Å². The second-order valence-electron chi connectivity index (χ2n) is 8.37. The summed E-state index contributed by atoms with van der Waals surface area (Å²) in [6.07, 6.45) is 0. The van der Waals surface area contributed by atoms with Crippen molar-refractivity contribution in [3.05, 3.63) is 65.5 Å². The second-order valence-corrected chi connectivity index (χ2v) is 8.37. The zero-order valence-corrected chi connectivity index (χ0v) is 22.4. The van der Waals surface area contributed by atoms with Crippen molar-refractivity contribution in [3.8, 4) is 12.1 Å². The number of hydrogen-bond donors (Lipinski definition) is 1. The van der Waals surface area contributed by atoms with Crippen LogP contribution in [0, 0.1) is 22.7 Å². The van der Waals surface area contributed by atoms with E-state index in [0.717, 1.165) is 11.3 Å². The van der Waals surface area contributed by atoms with E-state index >= 15 is 0 Å². The molecule has 0 radical (unpaired) electrons. The molecule has 1 heterocycles. The maximum Gasteiger partial charge on any atom is 0.252 e. The van der Waals surface area contributed by atoms with Crippen molar-refractivity contribution >= 4 is 28.9 Å². The summed E-state index contributed by atoms with van der Waals surface area (Å²) in [6.45, 7) is 9.23. The average Bonchev–Trinajstić information content (AvgIpc) is 3.28. The Kier molecular flexibility index (Phi) is 11.1. The molecule has 0 atom stereocenters. The number of amides is 1. The number of nitriles is 2. The van der Waals surface area contributed by atoms with Crippen molar-refractivity contribution in [2.75, 3.05) is 49.7 Å². The van der Waals surface area contributed by atoms with Gasteiger partial charge < -0.3 is 19.7 Å². The van der Waals surface area contributed by atoms with Crippen LogP contribution in [0.2, 0.25) is 0 Å². The largest absolute Gasteiger partial charge is 0.380 e. The number of benzene rings is 2. The molecule has 0 fully saturated rings. The smallest absolute Gasteiger partial charge is 0.252 e. The fourth-order valence-corrected chi connectivity index (χ4v) is 3.83. The molecule has 0 saturated heterocycles. The molecule has 1 amide bonds. The van der Waals surface area contributed by atoms with E-state index in [2.05, 4.69) is 25.4 Å². The van der Waals surface area contributed by atoms with E-state index < -0.39 is 0 Å². The van der Waals surface area contributed by atoms with Crippen LogP contribution in [0.3, 0.4) is 0 Å². The van der Waals surface area contributed by atoms with Crippen molar-refractivity contribution in [3.63, 3.8) is 0 Å². The van der Waals surface area contributed by atoms with Gasteiger partial charge in [0.15, 0.2) is 11.4 Å². The lowest BCUT2D eigenvalue weighted by atomic mass is 10.2. The van der Waals surface area contributed by atoms with Crippen molar-refractivity contribution in [2.45, 2.75) is 27.3 Å². The Labute approximate surface area is 228 Å². The molecule has 0 bridgehead atoms. The van der Waals surface area contributed by atoms with Gasteiger partial charge in [-0.25, -0.2) is 0 Å². The Bertz CT molecular complexity index is 1350. The summed E-state index contributed by atoms with van der Waals surface area (Å²) in [7, 11) is 0. The molecule has 202 valence electrons. The molecule has 0 aliphatic carbocycles. The lowest BCUT2D eigenvalue weighted by Crippen LogP contribution is -2.31. The van der Waals surface area contributed by atoms with Gasteiger partial charge in [0.25, 0.3) is 5.95 Å². The summed E-state index contributed by atoms with van der Waals surface area (Å²) >= 11 is 0. The van der Waals surface area contributed by atoms with Crippen molar-refractivity contribution < 1.29 is 14.3 Å². The molecular weight excluding hydrogens is 496 g/mol. The van der Waals surface area contributed by atoms with Crippen LogP contribution in [0.4, 0.5) is 23.0 Å². The first kappa shape index (κ1) is 29.0. The molecule has 0 saturated carbocycles. The highest BCUT2D eigenvalue weighted by Gasteiger charge is 2.18. The molecule has 2 aromatic carbocycles. The summed E-state index contributed by atoms with van der Waals surface area (Å²) in [5.74, 6) is -0.150. The quantitative estimate of drug-likeness (QED) is 0.231. The van der Waals surface area contributed by atoms with Crippen LogP contribution in [0.25, 0.3) is 0 Å². The van der Waals surface area contributed by atoms with Crippen molar-refractivity contribution in [2.24, 2.45) is 10.2 Å². The first-order valence-corrected chi connectivity index (χ1v) is 12.7. The summed E-state index contributed by atoms with van der Waals surface area (Å²) in [4.78, 5) is 18.3. The van der Waals surface area contributed by atoms with Crippen molar-refractivity contribution in [1.29, 1.82) is 10.5 Å². The zero-order chi connectivity index (χ0) is 28.0. The number of hydrogen-bond acceptors (Lipinski definition) is 9. The first-order chi connectivity index (χ1) is 19.0. The predicted molar refractivity (Wildman–Crippen MR) is 147 cm³/mol. The molecule has 1 N–H and O–H groups in total. The molecule has 0 spiro atoms. The molecule has 0 aliphatic heterocycles. The summed E-state index contributed by atoms with van der Waals surface area (Å²) < 4.78 is 12.6. The van der Waals surface area contributed by atoms with Gasteiger partial charge in [-0.3, -0.25) is 9.36 Å². The monoisotopic (exact) mass is 528 g/mol. The number of rotatable bonds is 14. The van der Waals surface area contributed by atoms with Gasteiger partial charge in [0.05, 0.1) is 25.4 Å². The standard InChI is InChI=1S/C28H32N8O3/c1-4-38-15-13-35(14-16-39-5-2)23-11-12-24(25(17-23)31-21(3)37)33-34-28-32-26(18-29)27(19-30)36(28)20-22-9-7-6-8-10-22/h6-12,17H,4-5,13-16,20H2,1-3H3,(H,31,37). The zero-order valence-electron chi connectivity index (χ0n) is 22.4. The Morgan fingerprint density at radius 1 is 1.03 bits per heavy atom. The molecule has 1 aromatic heterocycles. The third-order valence-corrected chi connectivity index (χ3v) is 5.67. The highest BCUT2D eigenvalue weighted by Crippen LogP contribution is 2.32. The molecule has 0 unspecified atom stereocenters. The maximum absolute atomic E-state index is 12.0. The second kappa shape index (κ2) is 15.0. The van der Waals surface area contributed by atoms with Gasteiger partial charge in [-0.2, -0.15) is 15.5 Å². The highest BCUT2D eigenvalue weighted by molar-refractivity contribution is 5.93. The van der Waals surface area contributed by atoms with Crippen LogP contribution in [0.5, 0.6) is 0 Å². The fourth-order valence-electron chi connectivity index (χ4n) is 3.83. The summed E-state index contributed by atoms with van der Waals surface area (Å²) in [5.41, 5.74) is 2.71. The maximum atomic E-state index is 12.0. The minimum Gasteiger partial charge on any atom is -0.380 e. The Morgan fingerprint density at radius 3 is 2.31 bits per heavy atom. The van der Waals surface area contributed by atoms with Gasteiger partial charge in [-0.15, -0.1) is 10.2 Å². The van der Waals surface area contributed by atoms with Gasteiger partial charge in [0.2, 0.25) is 5.91 Å². The van der Waals surface area contributed by atoms with E-state index in [9.17, 15) is 15.3 Å². The molecular formula is C28H32N8O3. The number of anilines is 2. The lowest BCUT2D eigenvalue weighted by Gasteiger charge is -2.25. The predicted octanol–water partition coefficient (Wildman–Crippen LogP) is 4.93. The minimum absolute atomic E-state index is 0.0287. The number of nitrogens with zero attached hydrogens (tertiary/aromatic N) is 7. The molecule has 3 aromatic rings. The molecule has 11 heteroatoms. The van der Waals surface area contributed by atoms with E-state index in [1.54, 1.807) is 10.6 Å². The topological polar surface area (TPSA) is 141 Å². The van der Waals surface area contributed by atoms with Gasteiger partial charge >= 0.3 is 0 Å². The number of carbonyl (C=O) groups excluding carboxylic acids is 1. The van der Waals surface area contributed by atoms with Crippen LogP contribution in [-0.4, -0.2) is 55.0 Å². The van der Waals surface area contributed by atoms with Crippen LogP contribution >= 0.6 is 0 Å². The third-order valence-electron chi connectivity index (χ3n) is 5.67. The van der Waals surface area contributed by atoms with Crippen LogP contribution in [-0.2, 0) is 20.8 Å². The Morgan fingerprint density at radius 2 is 1.72 bits per heavy atom. The SMILES string of the molecule is CCOCCN(CCOCC)c1ccc(N=Nc2nc(C#N)c(C#N)n2Cc2ccccc2)c(NC(C)=O)c1. The van der Waals surface area contributed by atoms with Crippen LogP contribution < -0.4 is 10.2 Å². The fraction of sp³-hybridized carbons (Fsp3) is 0.357. The first-order valence-electron chi connectivity index (χ1n) is 12.7. The number of nitrogens with one attached hydrogen (secondary N) is 1. The van der Waals surface area contributed by atoms with Gasteiger partial charge in [-0.1, -0.05) is 30.3 Å². The normalized spacial score (nSPS) is 10.8. The highest BCUT2D eigenvalue weighted by atomic mass is 16.5. The molecule has 39 heavy (non-hydrogen) atoms. The molecule has 3 rings (SSSR count). The minimum atomic E-state index is -0.261. The molecule has 0 aliphatic rings. The number of imidazole rings is 1. The van der Waals surface area contributed by atoms with E-state index in [-0.39, 0.29) is 23.2 Å². The van der Waals surface area contributed by atoms with Crippen molar-refractivity contribution in [1.82, 2.24) is 9.55 Å². The van der Waals surface area contributed by atoms with Gasteiger partial charge in [0.1, 0.15) is 17.8 Å². The van der Waals surface area contributed by atoms with Crippen LogP contribution in [0.15, 0.2) is 58.8 Å². The Hall–Kier alpha value is -4.58. The number of azo groups is 1. The van der Waals surface area contributed by atoms with Gasteiger partial charge in [-0.05, 0) is 37.6 Å². The number of ether oxygens (including phenoxy) is 2. The Balaban J connectivity index is 1.97. The summed E-state index contributed by atoms with van der Waals surface area (Å²) in [6, 6.07) is 18.9. The third kappa shape index (κ3) is 8.20. The van der Waals surface area contributed by atoms with Crippen LogP contribution in [0.1, 0.15) is 37.7 Å². The summed E-state index contributed by atoms with van der Waals surface area (Å²) in [5, 5.41) is 30.6. The molecule has 11 nitrogen and oxygen atoms in total. The average molecular weight is 529 g/mol. The number of aromatic nitrogens is 2. The van der Waals surface area contributed by atoms with E-state index in [0.29, 0.717) is 57.4 Å². The lowest BCUT2D eigenvalue weighted by molar-refractivity contribution is -0.114. The number of carbonyl (C=O) groups is 1. The van der Waals surface area contributed by atoms with E-state index in [1.165, 1.54) is 6.92 Å². The van der Waals surface area contributed by atoms with E-state index in [1.807, 2.05) is 68.5 Å². The van der Waals surface area contributed by atoms with E-state index in [4.69, 9.17) is 9.47 Å².